The van der Waals surface area contributed by atoms with Gasteiger partial charge in [0.25, 0.3) is 0 Å². The second kappa shape index (κ2) is 42.9. The Bertz CT molecular complexity index is 4710. The van der Waals surface area contributed by atoms with E-state index in [0.717, 1.165) is 0 Å². The number of anilines is 6. The van der Waals surface area contributed by atoms with Gasteiger partial charge in [-0.2, -0.15) is 15.0 Å². The Balaban J connectivity index is 0.000000207. The number of hydrogen-bond donors (Lipinski definition) is 12. The van der Waals surface area contributed by atoms with Crippen molar-refractivity contribution < 1.29 is 112 Å². The number of hydrogen-bond acceptors (Lipinski definition) is 21. The first kappa shape index (κ1) is 84.1. The summed E-state index contributed by atoms with van der Waals surface area (Å²) in [4.78, 5) is 72.7. The van der Waals surface area contributed by atoms with Gasteiger partial charge in [-0.3, -0.25) is 30.0 Å². The molecule has 0 fully saturated rings. The summed E-state index contributed by atoms with van der Waals surface area (Å²) in [6, 6.07) is 82.2. The maximum atomic E-state index is 11.1. The number of phenols is 6. The maximum absolute atomic E-state index is 11.1. The van der Waals surface area contributed by atoms with Crippen LogP contribution in [-0.4, -0.2) is 116 Å². The Morgan fingerprint density at radius 2 is 0.387 bits per heavy atom. The molecule has 0 atom stereocenters. The van der Waals surface area contributed by atoms with E-state index in [4.69, 9.17) is 15.3 Å². The minimum Gasteiger partial charge on any atom is -0.507 e. The van der Waals surface area contributed by atoms with Crippen molar-refractivity contribution >= 4 is 124 Å². The molecule has 0 aliphatic heterocycles. The van der Waals surface area contributed by atoms with Crippen molar-refractivity contribution in [1.29, 1.82) is 0 Å². The van der Waals surface area contributed by atoms with Gasteiger partial charge in [0.1, 0.15) is 34.5 Å². The first-order chi connectivity index (χ1) is 52.5. The summed E-state index contributed by atoms with van der Waals surface area (Å²) >= 11 is 0. The number of carbonyl (C=O) groups is 3. The van der Waals surface area contributed by atoms with Crippen LogP contribution >= 0.6 is 0 Å². The SMILES string of the molecule is O=C(O)c1ccc(Nc2nc(Nc3ccc(C(=O)O)cc3)nc(Nc3ccc(C(=O)O)cc3)n2)cc1.Oc1ccccc1C=Nc1ccccc1N=Cc1ccccc1O.Oc1ccccc1C=Nc1ccccc1N=Cc1ccccc1O.Oc1ccccc1C=Nc1ccccc1N=Cc1ccccc1O.[Cr].[Cr].[Cr]. The molecule has 0 unspecified atom stereocenters. The van der Waals surface area contributed by atoms with E-state index in [1.165, 1.54) is 36.4 Å². The molecule has 24 nitrogen and oxygen atoms in total. The van der Waals surface area contributed by atoms with E-state index >= 15 is 0 Å². The normalized spacial score (nSPS) is 10.7. The van der Waals surface area contributed by atoms with Crippen molar-refractivity contribution in [2.75, 3.05) is 16.0 Å². The molecule has 1 heterocycles. The quantitative estimate of drug-likeness (QED) is 0.0297. The van der Waals surface area contributed by atoms with Crippen LogP contribution in [0.3, 0.4) is 0 Å². The number of aliphatic imine (C=N–C) groups is 6. The average Bonchev–Trinajstić information content (AvgIpc) is 0.846. The van der Waals surface area contributed by atoms with Gasteiger partial charge in [-0.25, -0.2) is 14.4 Å². The number of para-hydroxylation sites is 12. The van der Waals surface area contributed by atoms with Gasteiger partial charge in [0.05, 0.1) is 50.8 Å². The van der Waals surface area contributed by atoms with Crippen molar-refractivity contribution in [1.82, 2.24) is 15.0 Å². The van der Waals surface area contributed by atoms with Crippen LogP contribution in [0.15, 0.2) is 321 Å². The number of nitrogens with zero attached hydrogens (tertiary/aromatic N) is 9. The molecule has 13 aromatic rings. The molecule has 12 aromatic carbocycles. The molecule has 0 saturated heterocycles. The van der Waals surface area contributed by atoms with Gasteiger partial charge in [0, 0.05) is 140 Å². The molecule has 1 aromatic heterocycles. The zero-order chi connectivity index (χ0) is 76.0. The van der Waals surface area contributed by atoms with Gasteiger partial charge in [0.15, 0.2) is 0 Å². The minimum atomic E-state index is -1.05. The smallest absolute Gasteiger partial charge is 0.335 e. The summed E-state index contributed by atoms with van der Waals surface area (Å²) in [6.45, 7) is 0. The number of nitrogens with one attached hydrogen (secondary N) is 3. The molecule has 27 heteroatoms. The van der Waals surface area contributed by atoms with Crippen molar-refractivity contribution in [2.24, 2.45) is 30.0 Å². The van der Waals surface area contributed by atoms with Crippen molar-refractivity contribution in [3.05, 3.63) is 341 Å². The number of aromatic carboxylic acids is 3. The third kappa shape index (κ3) is 25.8. The summed E-state index contributed by atoms with van der Waals surface area (Å²) in [5.74, 6) is -1.71. The molecule has 111 heavy (non-hydrogen) atoms. The first-order valence-corrected chi connectivity index (χ1v) is 32.7. The van der Waals surface area contributed by atoms with Crippen molar-refractivity contribution in [2.45, 2.75) is 0 Å². The zero-order valence-electron chi connectivity index (χ0n) is 58.2. The standard InChI is InChI=1S/C24H18N6O6.3C20H16N2O2.3Cr/c31-19(32)13-1-7-16(8-2-13)25-22-28-23(26-17-9-3-14(4-10-17)20(33)34)30-24(29-22)27-18-11-5-15(6-12-18)21(35)36;3*23-19-11-5-1-7-15(19)13-21-17-9-3-4-10-18(17)22-14-16-8-2-6-12-20(16)24;;;/h1-12H,(H,31,32)(H,33,34)(H,35,36)(H3,25,26,27,28,29,30);3*1-14,23-24H;;;. The Morgan fingerprint density at radius 3 is 0.541 bits per heavy atom. The van der Waals surface area contributed by atoms with Gasteiger partial charge in [-0.05, 0) is 182 Å². The molecular formula is C84H66Cr3N12O12. The largest absolute Gasteiger partial charge is 0.507 e. The van der Waals surface area contributed by atoms with Crippen LogP contribution < -0.4 is 16.0 Å². The summed E-state index contributed by atoms with van der Waals surface area (Å²) in [5, 5.41) is 94.9. The van der Waals surface area contributed by atoms with Crippen LogP contribution in [0.5, 0.6) is 34.5 Å². The van der Waals surface area contributed by atoms with Crippen LogP contribution in [0.25, 0.3) is 0 Å². The van der Waals surface area contributed by atoms with Gasteiger partial charge in [0.2, 0.25) is 17.8 Å². The number of carboxylic acid groups (broad SMARTS) is 3. The Labute approximate surface area is 668 Å². The molecule has 0 saturated carbocycles. The fraction of sp³-hybridized carbons (Fsp3) is 0. The van der Waals surface area contributed by atoms with E-state index in [-0.39, 0.29) is 121 Å². The number of aromatic hydroxyl groups is 6. The molecule has 0 radical (unpaired) electrons. The van der Waals surface area contributed by atoms with Crippen LogP contribution in [0.4, 0.5) is 69.0 Å². The molecular weight excluding hydrogens is 1520 g/mol. The second-order valence-electron chi connectivity index (χ2n) is 22.7. The monoisotopic (exact) mass is 1590 g/mol. The molecule has 0 aliphatic carbocycles. The summed E-state index contributed by atoms with van der Waals surface area (Å²) in [6.07, 6.45) is 9.61. The van der Waals surface area contributed by atoms with Crippen LogP contribution in [-0.2, 0) is 52.1 Å². The minimum absolute atomic E-state index is 0. The van der Waals surface area contributed by atoms with Crippen molar-refractivity contribution in [3.8, 4) is 34.5 Å². The van der Waals surface area contributed by atoms with Gasteiger partial charge < -0.3 is 61.9 Å². The summed E-state index contributed by atoms with van der Waals surface area (Å²) in [5.41, 5.74) is 9.80. The topological polar surface area (TPSA) is 382 Å². The Kier molecular flexibility index (Phi) is 32.5. The van der Waals surface area contributed by atoms with Gasteiger partial charge in [-0.15, -0.1) is 0 Å². The molecule has 0 aliphatic rings. The van der Waals surface area contributed by atoms with E-state index in [9.17, 15) is 45.0 Å². The van der Waals surface area contributed by atoms with Gasteiger partial charge in [-0.1, -0.05) is 109 Å². The molecule has 13 rings (SSSR count). The Morgan fingerprint density at radius 1 is 0.234 bits per heavy atom. The number of aromatic nitrogens is 3. The fourth-order valence-corrected chi connectivity index (χ4v) is 9.48. The van der Waals surface area contributed by atoms with E-state index in [1.807, 2.05) is 109 Å². The summed E-state index contributed by atoms with van der Waals surface area (Å²) < 4.78 is 0. The second-order valence-corrected chi connectivity index (χ2v) is 22.7. The number of rotatable bonds is 21. The maximum Gasteiger partial charge on any atom is 0.335 e. The van der Waals surface area contributed by atoms with E-state index in [1.54, 1.807) is 183 Å². The van der Waals surface area contributed by atoms with Crippen LogP contribution in [0.1, 0.15) is 64.5 Å². The average molecular weight is 1590 g/mol. The predicted octanol–water partition coefficient (Wildman–Crippen LogP) is 18.0. The number of phenolic OH excluding ortho intramolecular Hbond substituents is 6. The number of benzene rings is 12. The molecule has 12 N–H and O–H groups in total. The van der Waals surface area contributed by atoms with Gasteiger partial charge >= 0.3 is 17.9 Å². The van der Waals surface area contributed by atoms with E-state index < -0.39 is 17.9 Å². The Hall–Kier alpha value is -14.1. The first-order valence-electron chi connectivity index (χ1n) is 32.7. The predicted molar refractivity (Wildman–Crippen MR) is 421 cm³/mol. The van der Waals surface area contributed by atoms with Crippen molar-refractivity contribution in [3.63, 3.8) is 0 Å². The fourth-order valence-electron chi connectivity index (χ4n) is 9.48. The summed E-state index contributed by atoms with van der Waals surface area (Å²) in [7, 11) is 0. The third-order valence-electron chi connectivity index (χ3n) is 15.1. The molecule has 0 spiro atoms. The molecule has 0 bridgehead atoms. The van der Waals surface area contributed by atoms with E-state index in [0.29, 0.717) is 84.6 Å². The van der Waals surface area contributed by atoms with Crippen LogP contribution in [0.2, 0.25) is 0 Å². The zero-order valence-corrected chi connectivity index (χ0v) is 62.0. The van der Waals surface area contributed by atoms with Crippen LogP contribution in [0, 0.1) is 0 Å². The number of carboxylic acids is 3. The molecule has 552 valence electrons. The third-order valence-corrected chi connectivity index (χ3v) is 15.1. The molecule has 0 amide bonds. The van der Waals surface area contributed by atoms with E-state index in [2.05, 4.69) is 60.9 Å².